The lowest BCUT2D eigenvalue weighted by Crippen LogP contribution is -2.26. The van der Waals surface area contributed by atoms with Gasteiger partial charge in [-0.15, -0.1) is 0 Å². The van der Waals surface area contributed by atoms with Crippen molar-refractivity contribution < 1.29 is 32.4 Å². The summed E-state index contributed by atoms with van der Waals surface area (Å²) in [5, 5.41) is 2.70. The number of sulfonamides is 1. The van der Waals surface area contributed by atoms with E-state index in [2.05, 4.69) is 5.32 Å². The van der Waals surface area contributed by atoms with Crippen LogP contribution in [0.15, 0.2) is 47.4 Å². The summed E-state index contributed by atoms with van der Waals surface area (Å²) in [5.41, 5.74) is 1.17. The maximum atomic E-state index is 12.4. The number of Topliss-reactive ketones (excluding diaryl/α,β-unsaturated/α-hetero) is 1. The van der Waals surface area contributed by atoms with Gasteiger partial charge in [0, 0.05) is 26.1 Å². The second kappa shape index (κ2) is 11.9. The van der Waals surface area contributed by atoms with Gasteiger partial charge in [-0.2, -0.15) is 0 Å². The fraction of sp³-hybridized carbons (Fsp3) is 0.318. The Kier molecular flexibility index (Phi) is 9.54. The highest BCUT2D eigenvalue weighted by atomic mass is 35.5. The van der Waals surface area contributed by atoms with Crippen molar-refractivity contribution in [3.63, 3.8) is 0 Å². The lowest BCUT2D eigenvalue weighted by molar-refractivity contribution is -0.118. The Labute approximate surface area is 197 Å². The van der Waals surface area contributed by atoms with Gasteiger partial charge < -0.3 is 10.1 Å². The number of ketones is 1. The van der Waals surface area contributed by atoms with Crippen molar-refractivity contribution >= 4 is 39.3 Å². The molecule has 2 rings (SSSR count). The van der Waals surface area contributed by atoms with Gasteiger partial charge in [0.15, 0.2) is 12.4 Å². The Bertz CT molecular complexity index is 1120. The number of amides is 1. The highest BCUT2D eigenvalue weighted by molar-refractivity contribution is 7.89. The van der Waals surface area contributed by atoms with E-state index in [1.165, 1.54) is 33.2 Å². The van der Waals surface area contributed by atoms with Crippen molar-refractivity contribution in [3.05, 3.63) is 64.2 Å². The molecule has 9 nitrogen and oxygen atoms in total. The number of esters is 1. The van der Waals surface area contributed by atoms with E-state index in [1.807, 2.05) is 0 Å². The summed E-state index contributed by atoms with van der Waals surface area (Å²) in [6.07, 6.45) is 1.50. The average Bonchev–Trinajstić information content (AvgIpc) is 2.79. The molecule has 0 aliphatic heterocycles. The molecule has 0 aliphatic carbocycles. The Balaban J connectivity index is 1.99. The van der Waals surface area contributed by atoms with Crippen LogP contribution in [0.25, 0.3) is 0 Å². The largest absolute Gasteiger partial charge is 0.454 e. The van der Waals surface area contributed by atoms with Crippen molar-refractivity contribution in [2.75, 3.05) is 27.3 Å². The molecular formula is C22H25ClN2O7S. The SMILES string of the molecule is CON(C)S(=O)(=O)c1ccc(Cl)c(C(=O)OCC(=O)c2ccc(CCCNC(C)=O)cc2)c1. The van der Waals surface area contributed by atoms with Crippen LogP contribution in [0.2, 0.25) is 5.02 Å². The standard InChI is InChI=1S/C22H25ClN2O7S/c1-15(26)24-12-4-5-16-6-8-17(9-7-16)21(27)14-32-22(28)19-13-18(10-11-20(19)23)33(29,30)25(2)31-3/h6-11,13H,4-5,12,14H2,1-3H3,(H,24,26). The summed E-state index contributed by atoms with van der Waals surface area (Å²) in [6.45, 7) is 1.49. The van der Waals surface area contributed by atoms with Crippen LogP contribution in [-0.4, -0.2) is 57.9 Å². The number of nitrogens with one attached hydrogen (secondary N) is 1. The second-order valence-corrected chi connectivity index (χ2v) is 9.36. The van der Waals surface area contributed by atoms with Crippen LogP contribution in [0.3, 0.4) is 0 Å². The van der Waals surface area contributed by atoms with Crippen molar-refractivity contribution in [1.82, 2.24) is 9.79 Å². The van der Waals surface area contributed by atoms with Crippen LogP contribution in [0.5, 0.6) is 0 Å². The Morgan fingerprint density at radius 2 is 1.76 bits per heavy atom. The molecule has 0 aromatic heterocycles. The van der Waals surface area contributed by atoms with E-state index in [0.29, 0.717) is 16.6 Å². The number of carbonyl (C=O) groups is 3. The first-order valence-corrected chi connectivity index (χ1v) is 11.7. The minimum absolute atomic E-state index is 0.0184. The molecule has 0 saturated carbocycles. The molecule has 0 aliphatic rings. The number of aryl methyl sites for hydroxylation is 1. The minimum atomic E-state index is -4.00. The molecule has 11 heteroatoms. The lowest BCUT2D eigenvalue weighted by atomic mass is 10.1. The van der Waals surface area contributed by atoms with Gasteiger partial charge in [-0.1, -0.05) is 40.3 Å². The Morgan fingerprint density at radius 1 is 1.09 bits per heavy atom. The van der Waals surface area contributed by atoms with E-state index in [0.717, 1.165) is 24.5 Å². The van der Waals surface area contributed by atoms with Crippen molar-refractivity contribution in [1.29, 1.82) is 0 Å². The van der Waals surface area contributed by atoms with E-state index in [9.17, 15) is 22.8 Å². The van der Waals surface area contributed by atoms with Gasteiger partial charge in [0.25, 0.3) is 10.0 Å². The molecule has 0 unspecified atom stereocenters. The predicted molar refractivity (Wildman–Crippen MR) is 121 cm³/mol. The third-order valence-electron chi connectivity index (χ3n) is 4.68. The molecule has 0 spiro atoms. The molecule has 178 valence electrons. The summed E-state index contributed by atoms with van der Waals surface area (Å²) in [7, 11) is -1.61. The fourth-order valence-corrected chi connectivity index (χ4v) is 3.97. The molecule has 2 aromatic carbocycles. The molecule has 1 amide bonds. The van der Waals surface area contributed by atoms with Gasteiger partial charge in [0.1, 0.15) is 0 Å². The molecule has 0 bridgehead atoms. The zero-order valence-electron chi connectivity index (χ0n) is 18.5. The number of rotatable bonds is 11. The van der Waals surface area contributed by atoms with Crippen LogP contribution < -0.4 is 5.32 Å². The highest BCUT2D eigenvalue weighted by Crippen LogP contribution is 2.23. The monoisotopic (exact) mass is 496 g/mol. The van der Waals surface area contributed by atoms with Crippen LogP contribution in [0.4, 0.5) is 0 Å². The molecule has 2 aromatic rings. The number of benzene rings is 2. The number of ether oxygens (including phenoxy) is 1. The zero-order chi connectivity index (χ0) is 24.6. The summed E-state index contributed by atoms with van der Waals surface area (Å²) in [6, 6.07) is 10.4. The number of hydrogen-bond donors (Lipinski definition) is 1. The number of halogens is 1. The number of carbonyl (C=O) groups excluding carboxylic acids is 3. The van der Waals surface area contributed by atoms with Crippen molar-refractivity contribution in [2.45, 2.75) is 24.7 Å². The van der Waals surface area contributed by atoms with Gasteiger partial charge >= 0.3 is 5.97 Å². The summed E-state index contributed by atoms with van der Waals surface area (Å²) in [5.74, 6) is -1.44. The molecule has 33 heavy (non-hydrogen) atoms. The molecular weight excluding hydrogens is 472 g/mol. The Morgan fingerprint density at radius 3 is 2.36 bits per heavy atom. The molecule has 0 atom stereocenters. The summed E-state index contributed by atoms with van der Waals surface area (Å²) in [4.78, 5) is 40.2. The summed E-state index contributed by atoms with van der Waals surface area (Å²) >= 11 is 6.03. The smallest absolute Gasteiger partial charge is 0.340 e. The highest BCUT2D eigenvalue weighted by Gasteiger charge is 2.24. The van der Waals surface area contributed by atoms with Gasteiger partial charge in [0.2, 0.25) is 5.91 Å². The van der Waals surface area contributed by atoms with Crippen molar-refractivity contribution in [3.8, 4) is 0 Å². The van der Waals surface area contributed by atoms with E-state index in [4.69, 9.17) is 21.2 Å². The zero-order valence-corrected chi connectivity index (χ0v) is 20.0. The average molecular weight is 497 g/mol. The lowest BCUT2D eigenvalue weighted by Gasteiger charge is -2.15. The minimum Gasteiger partial charge on any atom is -0.454 e. The molecule has 0 radical (unpaired) electrons. The predicted octanol–water partition coefficient (Wildman–Crippen LogP) is 2.63. The normalized spacial score (nSPS) is 11.3. The van der Waals surface area contributed by atoms with Crippen LogP contribution in [0, 0.1) is 0 Å². The first-order chi connectivity index (χ1) is 15.6. The molecule has 0 fully saturated rings. The molecule has 0 heterocycles. The number of hydrogen-bond acceptors (Lipinski definition) is 7. The summed E-state index contributed by atoms with van der Waals surface area (Å²) < 4.78 is 30.4. The van der Waals surface area contributed by atoms with Gasteiger partial charge in [-0.25, -0.2) is 13.2 Å². The van der Waals surface area contributed by atoms with Gasteiger partial charge in [-0.3, -0.25) is 14.4 Å². The topological polar surface area (TPSA) is 119 Å². The maximum Gasteiger partial charge on any atom is 0.340 e. The third kappa shape index (κ3) is 7.36. The molecule has 0 saturated heterocycles. The van der Waals surface area contributed by atoms with Gasteiger partial charge in [0.05, 0.1) is 22.6 Å². The Hall–Kier alpha value is -2.79. The van der Waals surface area contributed by atoms with E-state index >= 15 is 0 Å². The third-order valence-corrected chi connectivity index (χ3v) is 6.68. The van der Waals surface area contributed by atoms with Crippen LogP contribution in [0.1, 0.15) is 39.6 Å². The van der Waals surface area contributed by atoms with E-state index in [-0.39, 0.29) is 21.4 Å². The van der Waals surface area contributed by atoms with Crippen LogP contribution in [-0.2, 0) is 30.8 Å². The quantitative estimate of drug-likeness (QED) is 0.220. The second-order valence-electron chi connectivity index (χ2n) is 7.02. The number of nitrogens with zero attached hydrogens (tertiary/aromatic N) is 1. The van der Waals surface area contributed by atoms with E-state index in [1.54, 1.807) is 24.3 Å². The van der Waals surface area contributed by atoms with Crippen molar-refractivity contribution in [2.24, 2.45) is 0 Å². The maximum absolute atomic E-state index is 12.4. The van der Waals surface area contributed by atoms with Crippen LogP contribution >= 0.6 is 11.6 Å². The first-order valence-electron chi connectivity index (χ1n) is 9.92. The number of hydroxylamine groups is 1. The van der Waals surface area contributed by atoms with Gasteiger partial charge in [-0.05, 0) is 36.6 Å². The van der Waals surface area contributed by atoms with E-state index < -0.39 is 28.4 Å². The fourth-order valence-electron chi connectivity index (χ4n) is 2.77. The first kappa shape index (κ1) is 26.5. The molecule has 1 N–H and O–H groups in total.